The number of sulfonamides is 1. The number of aryl methyl sites for hydroxylation is 1. The molecule has 0 aromatic heterocycles. The van der Waals surface area contributed by atoms with E-state index in [1.54, 1.807) is 50.4 Å². The Hall–Kier alpha value is -3.56. The third kappa shape index (κ3) is 8.24. The third-order valence-electron chi connectivity index (χ3n) is 6.46. The van der Waals surface area contributed by atoms with Crippen LogP contribution in [0.4, 0.5) is 5.69 Å². The van der Waals surface area contributed by atoms with Crippen molar-refractivity contribution in [3.63, 3.8) is 0 Å². The predicted molar refractivity (Wildman–Crippen MR) is 163 cm³/mol. The summed E-state index contributed by atoms with van der Waals surface area (Å²) in [6.07, 6.45) is 0.331. The van der Waals surface area contributed by atoms with E-state index in [2.05, 4.69) is 5.32 Å². The molecule has 0 aliphatic rings. The zero-order chi connectivity index (χ0) is 30.4. The molecule has 0 aliphatic carbocycles. The normalized spacial score (nSPS) is 12.4. The van der Waals surface area contributed by atoms with Gasteiger partial charge in [0.25, 0.3) is 10.0 Å². The van der Waals surface area contributed by atoms with Gasteiger partial charge in [0.15, 0.2) is 0 Å². The van der Waals surface area contributed by atoms with Crippen molar-refractivity contribution in [2.24, 2.45) is 0 Å². The first-order valence-corrected chi connectivity index (χ1v) is 15.2. The number of carbonyl (C=O) groups is 2. The molecule has 1 N–H and O–H groups in total. The number of para-hydroxylation sites is 1. The van der Waals surface area contributed by atoms with E-state index in [-0.39, 0.29) is 17.3 Å². The van der Waals surface area contributed by atoms with Crippen molar-refractivity contribution in [3.05, 3.63) is 88.9 Å². The number of methoxy groups -OCH3 is 1. The van der Waals surface area contributed by atoms with Gasteiger partial charge in [0, 0.05) is 17.1 Å². The fourth-order valence-corrected chi connectivity index (χ4v) is 6.00. The number of hydrogen-bond donors (Lipinski definition) is 1. The molecule has 3 rings (SSSR count). The molecule has 0 saturated heterocycles. The minimum absolute atomic E-state index is 0.00262. The van der Waals surface area contributed by atoms with Gasteiger partial charge in [-0.25, -0.2) is 8.42 Å². The molecule has 0 saturated carbocycles. The van der Waals surface area contributed by atoms with Gasteiger partial charge in [-0.1, -0.05) is 48.9 Å². The van der Waals surface area contributed by atoms with E-state index in [1.165, 1.54) is 29.2 Å². The van der Waals surface area contributed by atoms with E-state index in [9.17, 15) is 18.0 Å². The number of hydrogen-bond acceptors (Lipinski definition) is 5. The van der Waals surface area contributed by atoms with Gasteiger partial charge in [-0.2, -0.15) is 0 Å². The lowest BCUT2D eigenvalue weighted by Crippen LogP contribution is -2.55. The fraction of sp³-hybridized carbons (Fsp3) is 0.355. The number of anilines is 1. The maximum Gasteiger partial charge on any atom is 0.264 e. The molecule has 8 nitrogen and oxygen atoms in total. The molecule has 3 aromatic rings. The van der Waals surface area contributed by atoms with Gasteiger partial charge >= 0.3 is 0 Å². The lowest BCUT2D eigenvalue weighted by atomic mass is 10.1. The summed E-state index contributed by atoms with van der Waals surface area (Å²) in [4.78, 5) is 29.0. The zero-order valence-corrected chi connectivity index (χ0v) is 25.9. The van der Waals surface area contributed by atoms with Crippen molar-refractivity contribution >= 4 is 39.1 Å². The Morgan fingerprint density at radius 2 is 1.59 bits per heavy atom. The van der Waals surface area contributed by atoms with Crippen LogP contribution in [0, 0.1) is 6.92 Å². The average Bonchev–Trinajstić information content (AvgIpc) is 2.91. The van der Waals surface area contributed by atoms with Gasteiger partial charge in [-0.3, -0.25) is 13.9 Å². The zero-order valence-electron chi connectivity index (χ0n) is 24.3. The molecule has 2 amide bonds. The monoisotopic (exact) mass is 599 g/mol. The second-order valence-electron chi connectivity index (χ2n) is 10.8. The molecule has 0 bridgehead atoms. The second kappa shape index (κ2) is 13.4. The molecule has 0 unspecified atom stereocenters. The van der Waals surface area contributed by atoms with Crippen LogP contribution in [0.3, 0.4) is 0 Å². The highest BCUT2D eigenvalue weighted by molar-refractivity contribution is 7.92. The number of ether oxygens (including phenoxy) is 1. The number of nitrogens with one attached hydrogen (secondary N) is 1. The van der Waals surface area contributed by atoms with Gasteiger partial charge in [-0.05, 0) is 87.7 Å². The number of amides is 2. The van der Waals surface area contributed by atoms with Gasteiger partial charge in [0.2, 0.25) is 11.8 Å². The molecule has 41 heavy (non-hydrogen) atoms. The van der Waals surface area contributed by atoms with Crippen LogP contribution in [-0.2, 0) is 26.2 Å². The Kier molecular flexibility index (Phi) is 10.4. The molecule has 1 atom stereocenters. The molecular formula is C31H38ClN3O5S. The van der Waals surface area contributed by atoms with Crippen molar-refractivity contribution in [2.75, 3.05) is 18.0 Å². The first-order chi connectivity index (χ1) is 19.3. The van der Waals surface area contributed by atoms with Crippen LogP contribution in [0.1, 0.15) is 45.2 Å². The quantitative estimate of drug-likeness (QED) is 0.311. The number of halogens is 1. The van der Waals surface area contributed by atoms with E-state index < -0.39 is 34.1 Å². The molecule has 0 heterocycles. The number of benzene rings is 3. The highest BCUT2D eigenvalue weighted by Crippen LogP contribution is 2.28. The molecule has 3 aromatic carbocycles. The second-order valence-corrected chi connectivity index (χ2v) is 13.1. The highest BCUT2D eigenvalue weighted by Gasteiger charge is 2.35. The third-order valence-corrected chi connectivity index (χ3v) is 8.49. The van der Waals surface area contributed by atoms with E-state index in [4.69, 9.17) is 16.3 Å². The maximum absolute atomic E-state index is 14.2. The standard InChI is InChI=1S/C31H38ClN3O5S/c1-7-27(30(37)33-31(3,4)5)34(20-23-12-16-25(40-6)17-13-23)29(36)21-35(28-11-9-8-10-22(28)2)41(38,39)26-18-14-24(32)15-19-26/h8-19,27H,7,20-21H2,1-6H3,(H,33,37)/t27-/m0/s1. The topological polar surface area (TPSA) is 96.0 Å². The summed E-state index contributed by atoms with van der Waals surface area (Å²) in [7, 11) is -2.61. The van der Waals surface area contributed by atoms with Crippen LogP contribution in [-0.4, -0.2) is 50.4 Å². The van der Waals surface area contributed by atoms with E-state index in [0.717, 1.165) is 9.87 Å². The predicted octanol–water partition coefficient (Wildman–Crippen LogP) is 5.57. The van der Waals surface area contributed by atoms with E-state index in [1.807, 2.05) is 39.8 Å². The summed E-state index contributed by atoms with van der Waals surface area (Å²) in [5, 5.41) is 3.36. The van der Waals surface area contributed by atoms with Crippen LogP contribution in [0.5, 0.6) is 5.75 Å². The molecular weight excluding hydrogens is 562 g/mol. The summed E-state index contributed by atoms with van der Waals surface area (Å²) in [5.41, 5.74) is 1.29. The number of carbonyl (C=O) groups excluding carboxylic acids is 2. The van der Waals surface area contributed by atoms with Crippen molar-refractivity contribution in [1.29, 1.82) is 0 Å². The lowest BCUT2D eigenvalue weighted by Gasteiger charge is -2.35. The molecule has 0 aliphatic heterocycles. The summed E-state index contributed by atoms with van der Waals surface area (Å²) in [6, 6.07) is 19.1. The molecule has 220 valence electrons. The van der Waals surface area contributed by atoms with Crippen molar-refractivity contribution in [3.8, 4) is 5.75 Å². The summed E-state index contributed by atoms with van der Waals surface area (Å²) in [6.45, 7) is 8.80. The Balaban J connectivity index is 2.08. The highest BCUT2D eigenvalue weighted by atomic mass is 35.5. The Labute approximate surface area is 248 Å². The van der Waals surface area contributed by atoms with Crippen LogP contribution in [0.25, 0.3) is 0 Å². The number of rotatable bonds is 11. The molecule has 0 radical (unpaired) electrons. The Morgan fingerprint density at radius 3 is 2.12 bits per heavy atom. The lowest BCUT2D eigenvalue weighted by molar-refractivity contribution is -0.141. The summed E-state index contributed by atoms with van der Waals surface area (Å²) in [5.74, 6) is -0.175. The van der Waals surface area contributed by atoms with E-state index in [0.29, 0.717) is 28.4 Å². The van der Waals surface area contributed by atoms with Crippen molar-refractivity contribution in [1.82, 2.24) is 10.2 Å². The molecule has 0 fully saturated rings. The van der Waals surface area contributed by atoms with Gasteiger partial charge in [0.05, 0.1) is 17.7 Å². The molecule has 10 heteroatoms. The van der Waals surface area contributed by atoms with Crippen LogP contribution < -0.4 is 14.4 Å². The van der Waals surface area contributed by atoms with Gasteiger partial charge < -0.3 is 15.0 Å². The van der Waals surface area contributed by atoms with Crippen LogP contribution in [0.15, 0.2) is 77.7 Å². The average molecular weight is 600 g/mol. The van der Waals surface area contributed by atoms with Crippen molar-refractivity contribution < 1.29 is 22.7 Å². The smallest absolute Gasteiger partial charge is 0.264 e. The van der Waals surface area contributed by atoms with Crippen LogP contribution in [0.2, 0.25) is 5.02 Å². The van der Waals surface area contributed by atoms with E-state index >= 15 is 0 Å². The largest absolute Gasteiger partial charge is 0.497 e. The first-order valence-electron chi connectivity index (χ1n) is 13.3. The minimum atomic E-state index is -4.18. The van der Waals surface area contributed by atoms with Crippen LogP contribution >= 0.6 is 11.6 Å². The van der Waals surface area contributed by atoms with Gasteiger partial charge in [-0.15, -0.1) is 0 Å². The first kappa shape index (κ1) is 32.0. The fourth-order valence-electron chi connectivity index (χ4n) is 4.39. The summed E-state index contributed by atoms with van der Waals surface area (Å²) < 4.78 is 34.3. The van der Waals surface area contributed by atoms with Crippen molar-refractivity contribution in [2.45, 2.75) is 64.1 Å². The maximum atomic E-state index is 14.2. The number of nitrogens with zero attached hydrogens (tertiary/aromatic N) is 2. The van der Waals surface area contributed by atoms with Gasteiger partial charge in [0.1, 0.15) is 18.3 Å². The Bertz CT molecular complexity index is 1450. The minimum Gasteiger partial charge on any atom is -0.497 e. The summed E-state index contributed by atoms with van der Waals surface area (Å²) >= 11 is 6.02. The SMILES string of the molecule is CC[C@@H](C(=O)NC(C)(C)C)N(Cc1ccc(OC)cc1)C(=O)CN(c1ccccc1C)S(=O)(=O)c1ccc(Cl)cc1. The molecule has 0 spiro atoms. The Morgan fingerprint density at radius 1 is 0.976 bits per heavy atom.